The molecule has 0 saturated carbocycles. The number of para-hydroxylation sites is 1. The normalized spacial score (nSPS) is 10.4. The Morgan fingerprint density at radius 1 is 1.04 bits per heavy atom. The number of anilines is 3. The summed E-state index contributed by atoms with van der Waals surface area (Å²) >= 11 is 0. The van der Waals surface area contributed by atoms with Gasteiger partial charge in [-0.25, -0.2) is 13.6 Å². The molecule has 3 N–H and O–H groups in total. The van der Waals surface area contributed by atoms with Crippen LogP contribution in [0.3, 0.4) is 0 Å². The Labute approximate surface area is 146 Å². The van der Waals surface area contributed by atoms with Crippen LogP contribution in [0.15, 0.2) is 48.5 Å². The molecule has 132 valence electrons. The third kappa shape index (κ3) is 4.26. The van der Waals surface area contributed by atoms with Crippen molar-refractivity contribution in [2.45, 2.75) is 6.61 Å². The second kappa shape index (κ2) is 7.51. The summed E-state index contributed by atoms with van der Waals surface area (Å²) in [5.41, 5.74) is 6.24. The van der Waals surface area contributed by atoms with Crippen molar-refractivity contribution in [1.82, 2.24) is 15.0 Å². The lowest BCUT2D eigenvalue weighted by molar-refractivity contribution is 0.0461. The Balaban J connectivity index is 1.69. The number of hydrogen-bond donors (Lipinski definition) is 2. The fourth-order valence-electron chi connectivity index (χ4n) is 2.05. The second-order valence-corrected chi connectivity index (χ2v) is 5.13. The van der Waals surface area contributed by atoms with Gasteiger partial charge in [0.1, 0.15) is 0 Å². The van der Waals surface area contributed by atoms with Gasteiger partial charge in [0.05, 0.1) is 5.56 Å². The minimum absolute atomic E-state index is 0.0580. The zero-order valence-corrected chi connectivity index (χ0v) is 13.3. The number of carbonyl (C=O) groups excluding carboxylic acids is 1. The summed E-state index contributed by atoms with van der Waals surface area (Å²) in [6, 6.07) is 11.8. The van der Waals surface area contributed by atoms with Gasteiger partial charge < -0.3 is 15.8 Å². The first-order valence-corrected chi connectivity index (χ1v) is 7.46. The molecule has 0 saturated heterocycles. The zero-order valence-electron chi connectivity index (χ0n) is 13.3. The molecule has 0 spiro atoms. The molecule has 7 nitrogen and oxygen atoms in total. The molecule has 3 rings (SSSR count). The molecule has 1 heterocycles. The lowest BCUT2D eigenvalue weighted by Crippen LogP contribution is -2.11. The van der Waals surface area contributed by atoms with E-state index in [0.29, 0.717) is 0 Å². The van der Waals surface area contributed by atoms with E-state index in [0.717, 1.165) is 23.9 Å². The van der Waals surface area contributed by atoms with Crippen LogP contribution in [0, 0.1) is 11.6 Å². The molecule has 0 bridgehead atoms. The highest BCUT2D eigenvalue weighted by molar-refractivity contribution is 5.89. The molecule has 0 atom stereocenters. The van der Waals surface area contributed by atoms with E-state index in [1.165, 1.54) is 0 Å². The van der Waals surface area contributed by atoms with E-state index in [1.807, 2.05) is 30.3 Å². The van der Waals surface area contributed by atoms with Crippen LogP contribution < -0.4 is 11.1 Å². The average Bonchev–Trinajstić information content (AvgIpc) is 2.62. The third-order valence-corrected chi connectivity index (χ3v) is 3.22. The van der Waals surface area contributed by atoms with E-state index in [1.54, 1.807) is 0 Å². The molecule has 0 amide bonds. The topological polar surface area (TPSA) is 103 Å². The number of benzene rings is 2. The van der Waals surface area contributed by atoms with Crippen molar-refractivity contribution >= 4 is 23.6 Å². The van der Waals surface area contributed by atoms with Gasteiger partial charge in [-0.15, -0.1) is 0 Å². The molecule has 26 heavy (non-hydrogen) atoms. The van der Waals surface area contributed by atoms with Crippen molar-refractivity contribution in [3.63, 3.8) is 0 Å². The summed E-state index contributed by atoms with van der Waals surface area (Å²) in [5.74, 6) is -2.81. The van der Waals surface area contributed by atoms with Crippen molar-refractivity contribution in [3.05, 3.63) is 71.6 Å². The number of esters is 1. The summed E-state index contributed by atoms with van der Waals surface area (Å²) in [7, 11) is 0. The predicted molar refractivity (Wildman–Crippen MR) is 89.4 cm³/mol. The summed E-state index contributed by atoms with van der Waals surface area (Å²) in [6.45, 7) is -0.311. The Morgan fingerprint density at radius 3 is 2.54 bits per heavy atom. The standard InChI is InChI=1S/C17H13F2N5O2/c18-12-7-6-10(8-13(12)19)15(25)26-9-14-22-16(20)24-17(23-14)21-11-4-2-1-3-5-11/h1-8H,9H2,(H3,20,21,22,23,24). The van der Waals surface area contributed by atoms with E-state index < -0.39 is 17.6 Å². The highest BCUT2D eigenvalue weighted by atomic mass is 19.2. The van der Waals surface area contributed by atoms with Crippen molar-refractivity contribution in [1.29, 1.82) is 0 Å². The van der Waals surface area contributed by atoms with E-state index in [9.17, 15) is 13.6 Å². The van der Waals surface area contributed by atoms with Crippen LogP contribution in [0.4, 0.5) is 26.4 Å². The molecule has 0 aliphatic heterocycles. The maximum atomic E-state index is 13.2. The summed E-state index contributed by atoms with van der Waals surface area (Å²) in [4.78, 5) is 23.8. The molecule has 9 heteroatoms. The number of nitrogens with one attached hydrogen (secondary N) is 1. The number of nitrogens with zero attached hydrogens (tertiary/aromatic N) is 3. The van der Waals surface area contributed by atoms with Crippen molar-refractivity contribution in [3.8, 4) is 0 Å². The summed E-state index contributed by atoms with van der Waals surface area (Å²) in [5, 5.41) is 2.94. The van der Waals surface area contributed by atoms with E-state index in [-0.39, 0.29) is 29.9 Å². The van der Waals surface area contributed by atoms with E-state index >= 15 is 0 Å². The smallest absolute Gasteiger partial charge is 0.338 e. The van der Waals surface area contributed by atoms with Gasteiger partial charge in [-0.2, -0.15) is 15.0 Å². The van der Waals surface area contributed by atoms with Gasteiger partial charge in [-0.3, -0.25) is 0 Å². The summed E-state index contributed by atoms with van der Waals surface area (Å²) < 4.78 is 31.1. The molecule has 2 aromatic carbocycles. The van der Waals surface area contributed by atoms with E-state index in [4.69, 9.17) is 10.5 Å². The maximum absolute atomic E-state index is 13.2. The fraction of sp³-hybridized carbons (Fsp3) is 0.0588. The number of carbonyl (C=O) groups is 1. The number of ether oxygens (including phenoxy) is 1. The lowest BCUT2D eigenvalue weighted by Gasteiger charge is -2.08. The van der Waals surface area contributed by atoms with Crippen molar-refractivity contribution in [2.75, 3.05) is 11.1 Å². The largest absolute Gasteiger partial charge is 0.454 e. The van der Waals surface area contributed by atoms with Crippen LogP contribution in [-0.4, -0.2) is 20.9 Å². The highest BCUT2D eigenvalue weighted by Crippen LogP contribution is 2.14. The number of aromatic nitrogens is 3. The van der Waals surface area contributed by atoms with Gasteiger partial charge in [0.25, 0.3) is 0 Å². The van der Waals surface area contributed by atoms with Crippen LogP contribution in [0.2, 0.25) is 0 Å². The van der Waals surface area contributed by atoms with Gasteiger partial charge >= 0.3 is 5.97 Å². The van der Waals surface area contributed by atoms with Crippen LogP contribution in [0.1, 0.15) is 16.2 Å². The first-order valence-electron chi connectivity index (χ1n) is 7.46. The minimum Gasteiger partial charge on any atom is -0.454 e. The molecule has 0 fully saturated rings. The maximum Gasteiger partial charge on any atom is 0.338 e. The predicted octanol–water partition coefficient (Wildman–Crippen LogP) is 2.83. The molecule has 0 radical (unpaired) electrons. The Hall–Kier alpha value is -3.62. The van der Waals surface area contributed by atoms with Gasteiger partial charge in [0.15, 0.2) is 24.1 Å². The van der Waals surface area contributed by atoms with Gasteiger partial charge in [0.2, 0.25) is 11.9 Å². The van der Waals surface area contributed by atoms with E-state index in [2.05, 4.69) is 20.3 Å². The number of rotatable bonds is 5. The van der Waals surface area contributed by atoms with Gasteiger partial charge in [0, 0.05) is 5.69 Å². The lowest BCUT2D eigenvalue weighted by atomic mass is 10.2. The molecular weight excluding hydrogens is 344 g/mol. The first-order chi connectivity index (χ1) is 12.5. The highest BCUT2D eigenvalue weighted by Gasteiger charge is 2.13. The molecule has 3 aromatic rings. The van der Waals surface area contributed by atoms with Crippen LogP contribution in [0.25, 0.3) is 0 Å². The first kappa shape index (κ1) is 17.2. The number of nitrogens with two attached hydrogens (primary N) is 1. The van der Waals surface area contributed by atoms with Crippen molar-refractivity contribution < 1.29 is 18.3 Å². The number of hydrogen-bond acceptors (Lipinski definition) is 7. The molecule has 1 aromatic heterocycles. The zero-order chi connectivity index (χ0) is 18.5. The SMILES string of the molecule is Nc1nc(COC(=O)c2ccc(F)c(F)c2)nc(Nc2ccccc2)n1. The van der Waals surface area contributed by atoms with Gasteiger partial charge in [-0.05, 0) is 30.3 Å². The Bertz CT molecular complexity index is 938. The van der Waals surface area contributed by atoms with Gasteiger partial charge in [-0.1, -0.05) is 18.2 Å². The second-order valence-electron chi connectivity index (χ2n) is 5.13. The fourth-order valence-corrected chi connectivity index (χ4v) is 2.05. The Kier molecular flexibility index (Phi) is 4.97. The quantitative estimate of drug-likeness (QED) is 0.677. The molecule has 0 unspecified atom stereocenters. The van der Waals surface area contributed by atoms with Crippen LogP contribution in [0.5, 0.6) is 0 Å². The number of nitrogen functional groups attached to an aromatic ring is 1. The minimum atomic E-state index is -1.14. The monoisotopic (exact) mass is 357 g/mol. The molecule has 0 aliphatic carbocycles. The molecule has 0 aliphatic rings. The van der Waals surface area contributed by atoms with Crippen molar-refractivity contribution in [2.24, 2.45) is 0 Å². The summed E-state index contributed by atoms with van der Waals surface area (Å²) in [6.07, 6.45) is 0. The third-order valence-electron chi connectivity index (χ3n) is 3.22. The van der Waals surface area contributed by atoms with Crippen LogP contribution in [-0.2, 0) is 11.3 Å². The number of halogens is 2. The molecular formula is C17H13F2N5O2. The van der Waals surface area contributed by atoms with Crippen LogP contribution >= 0.6 is 0 Å². The average molecular weight is 357 g/mol. The Morgan fingerprint density at radius 2 is 1.81 bits per heavy atom.